The van der Waals surface area contributed by atoms with Gasteiger partial charge in [-0.05, 0) is 92.8 Å². The number of hydrogen-bond donors (Lipinski definition) is 2. The number of nitrogens with zero attached hydrogens (tertiary/aromatic N) is 2. The zero-order chi connectivity index (χ0) is 21.9. The van der Waals surface area contributed by atoms with Crippen LogP contribution in [-0.4, -0.2) is 47.5 Å². The number of nitrogens with one attached hydrogen (secondary N) is 2. The monoisotopic (exact) mass is 452 g/mol. The van der Waals surface area contributed by atoms with Gasteiger partial charge in [0.1, 0.15) is 0 Å². The predicted molar refractivity (Wildman–Crippen MR) is 128 cm³/mol. The third-order valence-electron chi connectivity index (χ3n) is 6.95. The van der Waals surface area contributed by atoms with Gasteiger partial charge in [-0.15, -0.1) is 0 Å². The Bertz CT molecular complexity index is 951. The second kappa shape index (κ2) is 9.90. The van der Waals surface area contributed by atoms with E-state index in [1.165, 1.54) is 18.4 Å². The number of benzene rings is 1. The van der Waals surface area contributed by atoms with Gasteiger partial charge in [0.2, 0.25) is 0 Å². The van der Waals surface area contributed by atoms with E-state index in [2.05, 4.69) is 27.8 Å². The highest BCUT2D eigenvalue weighted by atomic mass is 35.5. The quantitative estimate of drug-likeness (QED) is 0.595. The molecule has 2 saturated carbocycles. The normalized spacial score (nSPS) is 20.8. The van der Waals surface area contributed by atoms with Crippen LogP contribution in [0, 0.1) is 0 Å². The van der Waals surface area contributed by atoms with Crippen molar-refractivity contribution in [1.82, 2.24) is 20.5 Å². The molecule has 5 rings (SSSR count). The van der Waals surface area contributed by atoms with Crippen LogP contribution in [0.25, 0.3) is 0 Å². The van der Waals surface area contributed by atoms with Crippen LogP contribution in [0.3, 0.4) is 0 Å². The lowest BCUT2D eigenvalue weighted by Gasteiger charge is -2.28. The molecule has 1 atom stereocenters. The van der Waals surface area contributed by atoms with Crippen molar-refractivity contribution in [2.75, 3.05) is 19.6 Å². The van der Waals surface area contributed by atoms with E-state index in [1.807, 2.05) is 23.2 Å². The van der Waals surface area contributed by atoms with Crippen LogP contribution in [-0.2, 0) is 13.0 Å². The molecule has 1 aromatic carbocycles. The molecule has 1 aromatic heterocycles. The van der Waals surface area contributed by atoms with Crippen molar-refractivity contribution in [3.63, 3.8) is 0 Å². The molecule has 6 heteroatoms. The molecule has 1 saturated heterocycles. The summed E-state index contributed by atoms with van der Waals surface area (Å²) in [6.07, 6.45) is 11.6. The van der Waals surface area contributed by atoms with E-state index >= 15 is 0 Å². The Kier molecular flexibility index (Phi) is 6.77. The lowest BCUT2D eigenvalue weighted by molar-refractivity contribution is 0.0727. The molecule has 0 radical (unpaired) electrons. The average molecular weight is 453 g/mol. The summed E-state index contributed by atoms with van der Waals surface area (Å²) in [7, 11) is 0. The second-order valence-corrected chi connectivity index (χ2v) is 9.98. The number of piperidine rings is 1. The molecule has 5 nitrogen and oxygen atoms in total. The number of halogens is 1. The van der Waals surface area contributed by atoms with Crippen molar-refractivity contribution >= 4 is 17.5 Å². The number of aromatic nitrogens is 1. The van der Waals surface area contributed by atoms with Crippen LogP contribution in [0.1, 0.15) is 71.5 Å². The van der Waals surface area contributed by atoms with Crippen LogP contribution < -0.4 is 10.6 Å². The highest BCUT2D eigenvalue weighted by Crippen LogP contribution is 2.34. The molecule has 0 spiro atoms. The highest BCUT2D eigenvalue weighted by Gasteiger charge is 2.35. The van der Waals surface area contributed by atoms with Gasteiger partial charge in [0.05, 0.1) is 5.56 Å². The number of carbonyl (C=O) groups excluding carboxylic acids is 1. The Morgan fingerprint density at radius 3 is 2.81 bits per heavy atom. The minimum absolute atomic E-state index is 0.0954. The van der Waals surface area contributed by atoms with Gasteiger partial charge in [0.15, 0.2) is 0 Å². The molecular weight excluding hydrogens is 420 g/mol. The summed E-state index contributed by atoms with van der Waals surface area (Å²) in [4.78, 5) is 20.1. The SMILES string of the molecule is O=C(c1cnccc1C1CCCNC1)N(Cc1cc(CCNC2CC2)ccc1Cl)C1CC1. The molecule has 2 N–H and O–H groups in total. The summed E-state index contributed by atoms with van der Waals surface area (Å²) in [5.74, 6) is 0.468. The summed E-state index contributed by atoms with van der Waals surface area (Å²) < 4.78 is 0. The fraction of sp³-hybridized carbons (Fsp3) is 0.538. The van der Waals surface area contributed by atoms with E-state index in [4.69, 9.17) is 11.6 Å². The number of pyridine rings is 1. The van der Waals surface area contributed by atoms with E-state index in [0.717, 1.165) is 79.5 Å². The van der Waals surface area contributed by atoms with Crippen LogP contribution in [0.5, 0.6) is 0 Å². The molecule has 1 aliphatic heterocycles. The Hall–Kier alpha value is -1.95. The summed E-state index contributed by atoms with van der Waals surface area (Å²) in [5.41, 5.74) is 4.21. The predicted octanol–water partition coefficient (Wildman–Crippen LogP) is 4.30. The lowest BCUT2D eigenvalue weighted by Crippen LogP contribution is -2.35. The molecule has 1 amide bonds. The molecule has 0 bridgehead atoms. The number of amides is 1. The first-order chi connectivity index (χ1) is 15.7. The number of rotatable bonds is 9. The van der Waals surface area contributed by atoms with Crippen molar-refractivity contribution in [1.29, 1.82) is 0 Å². The van der Waals surface area contributed by atoms with Gasteiger partial charge in [-0.3, -0.25) is 9.78 Å². The molecule has 3 fully saturated rings. The van der Waals surface area contributed by atoms with Gasteiger partial charge in [-0.25, -0.2) is 0 Å². The van der Waals surface area contributed by atoms with Crippen molar-refractivity contribution in [3.05, 3.63) is 63.9 Å². The summed E-state index contributed by atoms with van der Waals surface area (Å²) >= 11 is 6.59. The van der Waals surface area contributed by atoms with Gasteiger partial charge < -0.3 is 15.5 Å². The fourth-order valence-corrected chi connectivity index (χ4v) is 4.94. The molecule has 2 aromatic rings. The Labute approximate surface area is 195 Å². The zero-order valence-corrected chi connectivity index (χ0v) is 19.4. The van der Waals surface area contributed by atoms with Gasteiger partial charge in [0.25, 0.3) is 5.91 Å². The maximum atomic E-state index is 13.8. The maximum Gasteiger partial charge on any atom is 0.256 e. The third-order valence-corrected chi connectivity index (χ3v) is 7.31. The Balaban J connectivity index is 1.34. The van der Waals surface area contributed by atoms with Crippen LogP contribution >= 0.6 is 11.6 Å². The number of hydrogen-bond acceptors (Lipinski definition) is 4. The smallest absolute Gasteiger partial charge is 0.256 e. The van der Waals surface area contributed by atoms with E-state index in [0.29, 0.717) is 18.5 Å². The molecule has 1 unspecified atom stereocenters. The summed E-state index contributed by atoms with van der Waals surface area (Å²) in [5, 5.41) is 7.79. The van der Waals surface area contributed by atoms with Gasteiger partial charge in [-0.2, -0.15) is 0 Å². The van der Waals surface area contributed by atoms with Crippen molar-refractivity contribution in [3.8, 4) is 0 Å². The first kappa shape index (κ1) is 21.9. The third kappa shape index (κ3) is 5.33. The van der Waals surface area contributed by atoms with E-state index < -0.39 is 0 Å². The Morgan fingerprint density at radius 2 is 2.06 bits per heavy atom. The maximum absolute atomic E-state index is 13.8. The van der Waals surface area contributed by atoms with Gasteiger partial charge in [0, 0.05) is 42.6 Å². The molecule has 2 heterocycles. The molecule has 3 aliphatic rings. The average Bonchev–Trinajstić information content (AvgIpc) is 3.74. The Morgan fingerprint density at radius 1 is 1.19 bits per heavy atom. The highest BCUT2D eigenvalue weighted by molar-refractivity contribution is 6.31. The minimum atomic E-state index is 0.0954. The van der Waals surface area contributed by atoms with Crippen LogP contribution in [0.4, 0.5) is 0 Å². The lowest BCUT2D eigenvalue weighted by atomic mass is 9.89. The number of carbonyl (C=O) groups is 1. The minimum Gasteiger partial charge on any atom is -0.331 e. The summed E-state index contributed by atoms with van der Waals surface area (Å²) in [6.45, 7) is 3.54. The van der Waals surface area contributed by atoms with E-state index in [9.17, 15) is 4.79 Å². The molecule has 2 aliphatic carbocycles. The molecule has 32 heavy (non-hydrogen) atoms. The van der Waals surface area contributed by atoms with Crippen LogP contribution in [0.2, 0.25) is 5.02 Å². The van der Waals surface area contributed by atoms with Gasteiger partial charge in [-0.1, -0.05) is 23.7 Å². The van der Waals surface area contributed by atoms with Gasteiger partial charge >= 0.3 is 0 Å². The standard InChI is InChI=1S/C26H33ClN4O/c27-25-8-3-18(9-13-30-21-4-5-21)14-20(25)17-31(22-6-7-22)26(32)24-16-29-12-10-23(24)19-2-1-11-28-15-19/h3,8,10,12,14,16,19,21-22,28,30H,1-2,4-7,9,11,13,15,17H2. The zero-order valence-electron chi connectivity index (χ0n) is 18.7. The topological polar surface area (TPSA) is 57.3 Å². The largest absolute Gasteiger partial charge is 0.331 e. The van der Waals surface area contributed by atoms with Crippen molar-refractivity contribution < 1.29 is 4.79 Å². The van der Waals surface area contributed by atoms with Crippen LogP contribution in [0.15, 0.2) is 36.7 Å². The molecule has 170 valence electrons. The van der Waals surface area contributed by atoms with Crippen molar-refractivity contribution in [2.45, 2.75) is 69.5 Å². The van der Waals surface area contributed by atoms with E-state index in [1.54, 1.807) is 6.20 Å². The molecular formula is C26H33ClN4O. The van der Waals surface area contributed by atoms with Crippen molar-refractivity contribution in [2.24, 2.45) is 0 Å². The first-order valence-electron chi connectivity index (χ1n) is 12.2. The summed E-state index contributed by atoms with van der Waals surface area (Å²) in [6, 6.07) is 9.35. The first-order valence-corrected chi connectivity index (χ1v) is 12.5. The van der Waals surface area contributed by atoms with E-state index in [-0.39, 0.29) is 5.91 Å². The fourth-order valence-electron chi connectivity index (χ4n) is 4.76. The second-order valence-electron chi connectivity index (χ2n) is 9.57.